The Balaban J connectivity index is 1.79. The maximum Gasteiger partial charge on any atom is 0.303 e. The summed E-state index contributed by atoms with van der Waals surface area (Å²) in [6.07, 6.45) is 7.53. The molecular formula is C19H24N4O3. The number of carboxylic acid groups (broad SMARTS) is 1. The number of pyridine rings is 1. The molecule has 2 rings (SSSR count). The molecule has 138 valence electrons. The summed E-state index contributed by atoms with van der Waals surface area (Å²) >= 11 is 0. The summed E-state index contributed by atoms with van der Waals surface area (Å²) < 4.78 is 0. The van der Waals surface area contributed by atoms with Crippen LogP contribution in [0.3, 0.4) is 0 Å². The van der Waals surface area contributed by atoms with E-state index in [1.165, 1.54) is 6.33 Å². The molecule has 0 radical (unpaired) electrons. The molecule has 2 aromatic rings. The van der Waals surface area contributed by atoms with Crippen molar-refractivity contribution in [2.75, 3.05) is 12.4 Å². The van der Waals surface area contributed by atoms with Crippen LogP contribution < -0.4 is 5.32 Å². The molecule has 1 atom stereocenters. The van der Waals surface area contributed by atoms with E-state index in [0.717, 1.165) is 30.8 Å². The molecule has 2 heterocycles. The Hall–Kier alpha value is -2.83. The average Bonchev–Trinajstić information content (AvgIpc) is 2.65. The zero-order valence-corrected chi connectivity index (χ0v) is 14.9. The number of aromatic nitrogens is 3. The Bertz CT molecular complexity index is 722. The van der Waals surface area contributed by atoms with Gasteiger partial charge in [-0.25, -0.2) is 15.0 Å². The fourth-order valence-electron chi connectivity index (χ4n) is 2.80. The highest BCUT2D eigenvalue weighted by Gasteiger charge is 2.19. The standard InChI is InChI=1S/C19H24N4O3/c1-20-18-8-4-6-16(23-18)5-2-3-7-17(24)9-14(10-19(25)26)15-11-21-13-22-12-15/h4,6,8,11-14H,2-3,5,7,9-10H2,1H3,(H,20,23)(H,25,26)/t14-/m0/s1. The summed E-state index contributed by atoms with van der Waals surface area (Å²) in [5, 5.41) is 12.1. The Kier molecular flexibility index (Phi) is 7.67. The number of rotatable bonds is 11. The summed E-state index contributed by atoms with van der Waals surface area (Å²) in [6.45, 7) is 0. The number of hydrogen-bond donors (Lipinski definition) is 2. The summed E-state index contributed by atoms with van der Waals surface area (Å²) in [7, 11) is 1.83. The van der Waals surface area contributed by atoms with Gasteiger partial charge >= 0.3 is 5.97 Å². The lowest BCUT2D eigenvalue weighted by molar-refractivity contribution is -0.137. The number of aliphatic carboxylic acids is 1. The number of carbonyl (C=O) groups excluding carboxylic acids is 1. The van der Waals surface area contributed by atoms with Crippen LogP contribution in [0, 0.1) is 0 Å². The van der Waals surface area contributed by atoms with Crippen LogP contribution in [0.25, 0.3) is 0 Å². The second kappa shape index (κ2) is 10.2. The van der Waals surface area contributed by atoms with E-state index in [1.807, 2.05) is 25.2 Å². The number of Topliss-reactive ketones (excluding diaryl/α,β-unsaturated/α-hetero) is 1. The second-order valence-electron chi connectivity index (χ2n) is 6.18. The maximum atomic E-state index is 12.3. The molecule has 0 saturated carbocycles. The van der Waals surface area contributed by atoms with Crippen molar-refractivity contribution in [3.05, 3.63) is 48.2 Å². The summed E-state index contributed by atoms with van der Waals surface area (Å²) in [5.41, 5.74) is 1.69. The molecule has 0 aliphatic rings. The zero-order chi connectivity index (χ0) is 18.8. The molecule has 7 nitrogen and oxygen atoms in total. The third kappa shape index (κ3) is 6.58. The number of carbonyl (C=O) groups is 2. The van der Waals surface area contributed by atoms with Gasteiger partial charge < -0.3 is 10.4 Å². The topological polar surface area (TPSA) is 105 Å². The third-order valence-corrected chi connectivity index (χ3v) is 4.15. The van der Waals surface area contributed by atoms with Crippen molar-refractivity contribution < 1.29 is 14.7 Å². The molecule has 0 bridgehead atoms. The highest BCUT2D eigenvalue weighted by Crippen LogP contribution is 2.23. The van der Waals surface area contributed by atoms with E-state index < -0.39 is 5.97 Å². The van der Waals surface area contributed by atoms with Crippen molar-refractivity contribution >= 4 is 17.6 Å². The molecule has 0 unspecified atom stereocenters. The van der Waals surface area contributed by atoms with Gasteiger partial charge in [-0.3, -0.25) is 9.59 Å². The van der Waals surface area contributed by atoms with Crippen LogP contribution in [-0.4, -0.2) is 38.9 Å². The van der Waals surface area contributed by atoms with Gasteiger partial charge in [0.1, 0.15) is 17.9 Å². The van der Waals surface area contributed by atoms with Crippen LogP contribution in [-0.2, 0) is 16.0 Å². The zero-order valence-electron chi connectivity index (χ0n) is 14.9. The third-order valence-electron chi connectivity index (χ3n) is 4.15. The van der Waals surface area contributed by atoms with E-state index in [2.05, 4.69) is 20.3 Å². The number of nitrogens with one attached hydrogen (secondary N) is 1. The van der Waals surface area contributed by atoms with Crippen molar-refractivity contribution in [3.63, 3.8) is 0 Å². The SMILES string of the molecule is CNc1cccc(CCCCC(=O)C[C@@H](CC(=O)O)c2cncnc2)n1. The van der Waals surface area contributed by atoms with Crippen molar-refractivity contribution in [2.45, 2.75) is 44.4 Å². The smallest absolute Gasteiger partial charge is 0.303 e. The summed E-state index contributed by atoms with van der Waals surface area (Å²) in [6, 6.07) is 5.83. The van der Waals surface area contributed by atoms with Crippen LogP contribution in [0.15, 0.2) is 36.9 Å². The lowest BCUT2D eigenvalue weighted by Crippen LogP contribution is -2.12. The average molecular weight is 356 g/mol. The monoisotopic (exact) mass is 356 g/mol. The summed E-state index contributed by atoms with van der Waals surface area (Å²) in [5.74, 6) is -0.408. The first-order chi connectivity index (χ1) is 12.6. The van der Waals surface area contributed by atoms with Crippen molar-refractivity contribution in [1.82, 2.24) is 15.0 Å². The van der Waals surface area contributed by atoms with Crippen LogP contribution in [0.4, 0.5) is 5.82 Å². The van der Waals surface area contributed by atoms with Crippen LogP contribution >= 0.6 is 0 Å². The number of ketones is 1. The fourth-order valence-corrected chi connectivity index (χ4v) is 2.80. The predicted octanol–water partition coefficient (Wildman–Crippen LogP) is 2.84. The highest BCUT2D eigenvalue weighted by atomic mass is 16.4. The van der Waals surface area contributed by atoms with Gasteiger partial charge in [0.05, 0.1) is 6.42 Å². The van der Waals surface area contributed by atoms with E-state index in [-0.39, 0.29) is 24.5 Å². The molecule has 2 aromatic heterocycles. The molecule has 7 heteroatoms. The first kappa shape index (κ1) is 19.5. The molecule has 0 aliphatic carbocycles. The van der Waals surface area contributed by atoms with Crippen LogP contribution in [0.2, 0.25) is 0 Å². The molecule has 0 fully saturated rings. The van der Waals surface area contributed by atoms with Crippen LogP contribution in [0.5, 0.6) is 0 Å². The summed E-state index contributed by atoms with van der Waals surface area (Å²) in [4.78, 5) is 35.6. The second-order valence-corrected chi connectivity index (χ2v) is 6.18. The van der Waals surface area contributed by atoms with Crippen LogP contribution in [0.1, 0.15) is 49.3 Å². The normalized spacial score (nSPS) is 11.7. The van der Waals surface area contributed by atoms with Crippen molar-refractivity contribution in [1.29, 1.82) is 0 Å². The highest BCUT2D eigenvalue weighted by molar-refractivity contribution is 5.80. The van der Waals surface area contributed by atoms with E-state index in [9.17, 15) is 9.59 Å². The van der Waals surface area contributed by atoms with Crippen molar-refractivity contribution in [2.24, 2.45) is 0 Å². The van der Waals surface area contributed by atoms with Gasteiger partial charge in [-0.1, -0.05) is 6.07 Å². The van der Waals surface area contributed by atoms with E-state index in [0.29, 0.717) is 12.0 Å². The molecule has 0 saturated heterocycles. The molecule has 0 amide bonds. The van der Waals surface area contributed by atoms with Gasteiger partial charge in [0.2, 0.25) is 0 Å². The Morgan fingerprint density at radius 3 is 2.62 bits per heavy atom. The van der Waals surface area contributed by atoms with Gasteiger partial charge in [0, 0.05) is 43.9 Å². The molecule has 0 aromatic carbocycles. The Morgan fingerprint density at radius 1 is 1.15 bits per heavy atom. The number of aryl methyl sites for hydroxylation is 1. The fraction of sp³-hybridized carbons (Fsp3) is 0.421. The molecular weight excluding hydrogens is 332 g/mol. The molecule has 0 spiro atoms. The Labute approximate surface area is 152 Å². The molecule has 0 aliphatic heterocycles. The lowest BCUT2D eigenvalue weighted by Gasteiger charge is -2.13. The molecule has 2 N–H and O–H groups in total. The maximum absolute atomic E-state index is 12.3. The lowest BCUT2D eigenvalue weighted by atomic mass is 9.91. The van der Waals surface area contributed by atoms with E-state index >= 15 is 0 Å². The van der Waals surface area contributed by atoms with E-state index in [4.69, 9.17) is 5.11 Å². The molecule has 26 heavy (non-hydrogen) atoms. The van der Waals surface area contributed by atoms with Gasteiger partial charge in [0.25, 0.3) is 0 Å². The number of unbranched alkanes of at least 4 members (excludes halogenated alkanes) is 1. The largest absolute Gasteiger partial charge is 0.481 e. The first-order valence-electron chi connectivity index (χ1n) is 8.70. The minimum absolute atomic E-state index is 0.0667. The Morgan fingerprint density at radius 2 is 1.92 bits per heavy atom. The number of hydrogen-bond acceptors (Lipinski definition) is 6. The minimum Gasteiger partial charge on any atom is -0.481 e. The van der Waals surface area contributed by atoms with Gasteiger partial charge in [-0.05, 0) is 37.0 Å². The van der Waals surface area contributed by atoms with Gasteiger partial charge in [-0.15, -0.1) is 0 Å². The number of anilines is 1. The van der Waals surface area contributed by atoms with Gasteiger partial charge in [0.15, 0.2) is 0 Å². The minimum atomic E-state index is -0.929. The number of nitrogens with zero attached hydrogens (tertiary/aromatic N) is 3. The quantitative estimate of drug-likeness (QED) is 0.596. The van der Waals surface area contributed by atoms with Gasteiger partial charge in [-0.2, -0.15) is 0 Å². The first-order valence-corrected chi connectivity index (χ1v) is 8.70. The van der Waals surface area contributed by atoms with E-state index in [1.54, 1.807) is 12.4 Å². The van der Waals surface area contributed by atoms with Crippen molar-refractivity contribution in [3.8, 4) is 0 Å². The number of carboxylic acids is 1. The predicted molar refractivity (Wildman–Crippen MR) is 98.0 cm³/mol.